The zero-order valence-corrected chi connectivity index (χ0v) is 14.1. The van der Waals surface area contributed by atoms with Crippen LogP contribution in [0.1, 0.15) is 26.3 Å². The first-order valence-electron chi connectivity index (χ1n) is 6.32. The van der Waals surface area contributed by atoms with Crippen LogP contribution in [-0.2, 0) is 16.4 Å². The Morgan fingerprint density at radius 2 is 1.79 bits per heavy atom. The van der Waals surface area contributed by atoms with Crippen LogP contribution in [-0.4, -0.2) is 25.5 Å². The lowest BCUT2D eigenvalue weighted by atomic mass is 10.0. The average Bonchev–Trinajstić information content (AvgIpc) is 2.25. The van der Waals surface area contributed by atoms with Crippen molar-refractivity contribution in [1.29, 1.82) is 0 Å². The van der Waals surface area contributed by atoms with Crippen molar-refractivity contribution < 1.29 is 8.42 Å². The Labute approximate surface area is 125 Å². The van der Waals surface area contributed by atoms with E-state index >= 15 is 0 Å². The van der Waals surface area contributed by atoms with E-state index in [9.17, 15) is 8.42 Å². The average molecular weight is 348 g/mol. The van der Waals surface area contributed by atoms with Gasteiger partial charge in [-0.2, -0.15) is 0 Å². The van der Waals surface area contributed by atoms with E-state index in [2.05, 4.69) is 20.7 Å². The topological polar surface area (TPSA) is 46.2 Å². The van der Waals surface area contributed by atoms with Crippen molar-refractivity contribution in [3.63, 3.8) is 0 Å². The molecule has 1 atom stereocenters. The van der Waals surface area contributed by atoms with E-state index in [0.717, 1.165) is 5.56 Å². The number of nitrogens with one attached hydrogen (secondary N) is 1. The maximum Gasteiger partial charge on any atom is 0.212 e. The standard InChI is InChI=1S/C14H22BrNO2S/c1-14(2,3)11-19(17,18)16-13(10-15)9-12-7-5-4-6-8-12/h4-8,13,16H,9-11H2,1-3H3. The van der Waals surface area contributed by atoms with Crippen LogP contribution in [0.25, 0.3) is 0 Å². The highest BCUT2D eigenvalue weighted by molar-refractivity contribution is 9.09. The minimum atomic E-state index is -3.25. The van der Waals surface area contributed by atoms with Crippen LogP contribution >= 0.6 is 15.9 Å². The van der Waals surface area contributed by atoms with Crippen LogP contribution in [0, 0.1) is 5.41 Å². The molecule has 0 heterocycles. The molecular formula is C14H22BrNO2S. The molecule has 0 amide bonds. The summed E-state index contributed by atoms with van der Waals surface area (Å²) < 4.78 is 26.9. The highest BCUT2D eigenvalue weighted by atomic mass is 79.9. The Morgan fingerprint density at radius 1 is 1.21 bits per heavy atom. The zero-order chi connectivity index (χ0) is 14.5. The maximum atomic E-state index is 12.1. The molecule has 5 heteroatoms. The molecular weight excluding hydrogens is 326 g/mol. The van der Waals surface area contributed by atoms with Gasteiger partial charge in [-0.3, -0.25) is 0 Å². The van der Waals surface area contributed by atoms with Crippen LogP contribution in [0.5, 0.6) is 0 Å². The second-order valence-electron chi connectivity index (χ2n) is 5.98. The highest BCUT2D eigenvalue weighted by Gasteiger charge is 2.24. The van der Waals surface area contributed by atoms with Gasteiger partial charge in [0.1, 0.15) is 0 Å². The Kier molecular flexibility index (Phi) is 6.02. The number of rotatable bonds is 6. The molecule has 108 valence electrons. The summed E-state index contributed by atoms with van der Waals surface area (Å²) >= 11 is 3.38. The van der Waals surface area contributed by atoms with Gasteiger partial charge in [-0.05, 0) is 17.4 Å². The molecule has 0 aliphatic heterocycles. The van der Waals surface area contributed by atoms with Crippen molar-refractivity contribution >= 4 is 26.0 Å². The lowest BCUT2D eigenvalue weighted by molar-refractivity contribution is 0.455. The van der Waals surface area contributed by atoms with Gasteiger partial charge in [-0.15, -0.1) is 0 Å². The van der Waals surface area contributed by atoms with Crippen LogP contribution in [0.4, 0.5) is 0 Å². The van der Waals surface area contributed by atoms with Gasteiger partial charge in [0, 0.05) is 11.4 Å². The Hall–Kier alpha value is -0.390. The summed E-state index contributed by atoms with van der Waals surface area (Å²) in [6.07, 6.45) is 0.690. The van der Waals surface area contributed by atoms with Crippen LogP contribution in [0.2, 0.25) is 0 Å². The Morgan fingerprint density at radius 3 is 2.26 bits per heavy atom. The Balaban J connectivity index is 2.67. The molecule has 0 spiro atoms. The van der Waals surface area contributed by atoms with E-state index in [1.54, 1.807) is 0 Å². The second kappa shape index (κ2) is 6.86. The molecule has 1 rings (SSSR count). The number of benzene rings is 1. The Bertz CT molecular complexity index is 480. The lowest BCUT2D eigenvalue weighted by Gasteiger charge is -2.22. The molecule has 0 bridgehead atoms. The van der Waals surface area contributed by atoms with E-state index in [4.69, 9.17) is 0 Å². The molecule has 3 nitrogen and oxygen atoms in total. The van der Waals surface area contributed by atoms with Crippen molar-refractivity contribution in [1.82, 2.24) is 4.72 Å². The van der Waals surface area contributed by atoms with Gasteiger partial charge in [-0.25, -0.2) is 13.1 Å². The lowest BCUT2D eigenvalue weighted by Crippen LogP contribution is -2.41. The van der Waals surface area contributed by atoms with E-state index in [-0.39, 0.29) is 17.2 Å². The minimum Gasteiger partial charge on any atom is -0.212 e. The van der Waals surface area contributed by atoms with Crippen LogP contribution in [0.15, 0.2) is 30.3 Å². The summed E-state index contributed by atoms with van der Waals surface area (Å²) in [5.74, 6) is 0.137. The minimum absolute atomic E-state index is 0.116. The molecule has 19 heavy (non-hydrogen) atoms. The first kappa shape index (κ1) is 16.7. The third-order valence-electron chi connectivity index (χ3n) is 2.48. The number of hydrogen-bond acceptors (Lipinski definition) is 2. The van der Waals surface area contributed by atoms with Gasteiger partial charge in [-0.1, -0.05) is 67.0 Å². The molecule has 0 saturated heterocycles. The van der Waals surface area contributed by atoms with E-state index in [1.165, 1.54) is 0 Å². The summed E-state index contributed by atoms with van der Waals surface area (Å²) in [5, 5.41) is 0.602. The SMILES string of the molecule is CC(C)(C)CS(=O)(=O)NC(CBr)Cc1ccccc1. The monoisotopic (exact) mass is 347 g/mol. The summed E-state index contributed by atoms with van der Waals surface area (Å²) in [6, 6.07) is 9.78. The van der Waals surface area contributed by atoms with Crippen molar-refractivity contribution in [3.05, 3.63) is 35.9 Å². The summed E-state index contributed by atoms with van der Waals surface area (Å²) in [6.45, 7) is 5.77. The predicted molar refractivity (Wildman–Crippen MR) is 84.1 cm³/mol. The van der Waals surface area contributed by atoms with Gasteiger partial charge in [0.25, 0.3) is 0 Å². The van der Waals surface area contributed by atoms with Gasteiger partial charge >= 0.3 is 0 Å². The fourth-order valence-electron chi connectivity index (χ4n) is 1.89. The van der Waals surface area contributed by atoms with Gasteiger partial charge in [0.15, 0.2) is 0 Å². The first-order valence-corrected chi connectivity index (χ1v) is 9.09. The molecule has 0 aromatic heterocycles. The molecule has 0 fully saturated rings. The molecule has 0 saturated carbocycles. The van der Waals surface area contributed by atoms with Crippen molar-refractivity contribution in [2.75, 3.05) is 11.1 Å². The third-order valence-corrected chi connectivity index (χ3v) is 5.20. The normalized spacial score (nSPS) is 14.3. The van der Waals surface area contributed by atoms with Crippen molar-refractivity contribution in [3.8, 4) is 0 Å². The van der Waals surface area contributed by atoms with Gasteiger partial charge in [0.2, 0.25) is 10.0 Å². The summed E-state index contributed by atoms with van der Waals surface area (Å²) in [4.78, 5) is 0. The number of sulfonamides is 1. The van der Waals surface area contributed by atoms with Crippen molar-refractivity contribution in [2.24, 2.45) is 5.41 Å². The number of alkyl halides is 1. The predicted octanol–water partition coefficient (Wildman–Crippen LogP) is 2.96. The van der Waals surface area contributed by atoms with Gasteiger partial charge < -0.3 is 0 Å². The molecule has 1 N–H and O–H groups in total. The zero-order valence-electron chi connectivity index (χ0n) is 11.7. The number of halogens is 1. The van der Waals surface area contributed by atoms with E-state index in [0.29, 0.717) is 11.8 Å². The third kappa shape index (κ3) is 7.09. The fourth-order valence-corrected chi connectivity index (χ4v) is 4.40. The summed E-state index contributed by atoms with van der Waals surface area (Å²) in [7, 11) is -3.25. The molecule has 1 aromatic carbocycles. The molecule has 0 aliphatic rings. The van der Waals surface area contributed by atoms with Crippen LogP contribution < -0.4 is 4.72 Å². The summed E-state index contributed by atoms with van der Waals surface area (Å²) in [5.41, 5.74) is 0.889. The van der Waals surface area contributed by atoms with E-state index < -0.39 is 10.0 Å². The van der Waals surface area contributed by atoms with Gasteiger partial charge in [0.05, 0.1) is 5.75 Å². The molecule has 1 unspecified atom stereocenters. The quantitative estimate of drug-likeness (QED) is 0.804. The molecule has 0 aliphatic carbocycles. The van der Waals surface area contributed by atoms with E-state index in [1.807, 2.05) is 51.1 Å². The highest BCUT2D eigenvalue weighted by Crippen LogP contribution is 2.16. The smallest absolute Gasteiger partial charge is 0.212 e. The number of hydrogen-bond donors (Lipinski definition) is 1. The van der Waals surface area contributed by atoms with Crippen LogP contribution in [0.3, 0.4) is 0 Å². The largest absolute Gasteiger partial charge is 0.212 e. The first-order chi connectivity index (χ1) is 8.72. The maximum absolute atomic E-state index is 12.1. The second-order valence-corrected chi connectivity index (χ2v) is 8.38. The molecule has 1 aromatic rings. The fraction of sp³-hybridized carbons (Fsp3) is 0.571. The van der Waals surface area contributed by atoms with Crippen molar-refractivity contribution in [2.45, 2.75) is 33.2 Å². The molecule has 0 radical (unpaired) electrons.